The Hall–Kier alpha value is -7.74. The van der Waals surface area contributed by atoms with Gasteiger partial charge >= 0.3 is 0 Å². The van der Waals surface area contributed by atoms with E-state index in [0.29, 0.717) is 120 Å². The number of rotatable bonds is 35. The zero-order valence-corrected chi connectivity index (χ0v) is 57.5. The SMILES string of the molecule is CC(=O)Nc1cc(C(C)(C)C)cc(NC(=O)c2cc(OCCN)cc(C(=O)Nc3cc(C(C)(C)CNCCOc4cc(OCCN)c(C(=O)Nc5cccc(N)c5SCCN)cc4C(=O)Nc4cccc(N)c4SCCN)cc(NC(C)=O)c3SCCN)c2)c1SCCN. The Morgan fingerprint density at radius 2 is 0.819 bits per heavy atom. The van der Waals surface area contributed by atoms with Crippen LogP contribution in [0.15, 0.2) is 111 Å². The highest BCUT2D eigenvalue weighted by molar-refractivity contribution is 8.00. The van der Waals surface area contributed by atoms with Crippen LogP contribution in [0.2, 0.25) is 0 Å². The summed E-state index contributed by atoms with van der Waals surface area (Å²) in [6, 6.07) is 25.1. The smallest absolute Gasteiger partial charge is 0.259 e. The molecule has 0 bridgehead atoms. The number of benzene rings is 6. The van der Waals surface area contributed by atoms with E-state index in [9.17, 15) is 28.8 Å². The van der Waals surface area contributed by atoms with Gasteiger partial charge in [0.1, 0.15) is 37.1 Å². The van der Waals surface area contributed by atoms with Gasteiger partial charge in [0.2, 0.25) is 11.8 Å². The van der Waals surface area contributed by atoms with Gasteiger partial charge in [-0.25, -0.2) is 0 Å². The molecule has 0 aromatic heterocycles. The number of nitrogens with one attached hydrogen (secondary N) is 7. The molecule has 6 rings (SSSR count). The number of carbonyl (C=O) groups excluding carboxylic acids is 6. The monoisotopic (exact) mass is 1360 g/mol. The first kappa shape index (κ1) is 75.3. The van der Waals surface area contributed by atoms with Gasteiger partial charge in [-0.3, -0.25) is 28.8 Å². The van der Waals surface area contributed by atoms with Crippen LogP contribution in [-0.2, 0) is 20.4 Å². The number of carbonyl (C=O) groups is 6. The standard InChI is InChI=1S/C66H89N15O9S4/c1-38(82)76-51-31-42(65(3,4)5)32-53(59(51)93-26-18-71)80-61(84)40-28-41(30-44(29-40)88-21-14-67)62(85)81-54-34-43(33-52(77-39(2)83)60(54)94-27-19-72)66(6,7)37-75-20-23-90-56-36-55(89-22-15-68)45(63(86)78-49-12-8-10-47(73)57(49)91-24-16-69)35-46(56)64(87)79-50-13-9-11-48(74)58(50)92-25-17-70/h8-13,28-36,75H,14-27,37,67-74H2,1-7H3,(H,76,82)(H,77,83)(H,78,86)(H,79,87)(H,80,84)(H,81,85). The molecular weight excluding hydrogens is 1280 g/mol. The van der Waals surface area contributed by atoms with E-state index >= 15 is 0 Å². The van der Waals surface area contributed by atoms with Crippen LogP contribution in [0.3, 0.4) is 0 Å². The summed E-state index contributed by atoms with van der Waals surface area (Å²) in [5, 5.41) is 21.4. The summed E-state index contributed by atoms with van der Waals surface area (Å²) in [6.45, 7) is 15.1. The molecule has 94 heavy (non-hydrogen) atoms. The van der Waals surface area contributed by atoms with Crippen LogP contribution in [0.1, 0.15) is 101 Å². The molecule has 0 heterocycles. The van der Waals surface area contributed by atoms with Crippen LogP contribution >= 0.6 is 47.0 Å². The highest BCUT2D eigenvalue weighted by Crippen LogP contribution is 2.43. The molecule has 0 radical (unpaired) electrons. The normalized spacial score (nSPS) is 11.4. The van der Waals surface area contributed by atoms with Crippen molar-refractivity contribution in [3.8, 4) is 17.2 Å². The number of hydrogen-bond donors (Lipinski definition) is 15. The van der Waals surface area contributed by atoms with Crippen molar-refractivity contribution in [1.82, 2.24) is 5.32 Å². The zero-order valence-electron chi connectivity index (χ0n) is 54.2. The van der Waals surface area contributed by atoms with Gasteiger partial charge in [0.05, 0.1) is 64.8 Å². The quantitative estimate of drug-likeness (QED) is 0.0102. The Morgan fingerprint density at radius 1 is 0.426 bits per heavy atom. The summed E-state index contributed by atoms with van der Waals surface area (Å²) >= 11 is 5.50. The average Bonchev–Trinajstić information content (AvgIpc) is 0.805. The molecule has 0 atom stereocenters. The van der Waals surface area contributed by atoms with Crippen molar-refractivity contribution in [3.05, 3.63) is 124 Å². The highest BCUT2D eigenvalue weighted by Gasteiger charge is 2.29. The molecule has 0 aliphatic rings. The van der Waals surface area contributed by atoms with Crippen molar-refractivity contribution in [2.45, 2.75) is 78.9 Å². The Labute approximate surface area is 566 Å². The number of thioether (sulfide) groups is 4. The van der Waals surface area contributed by atoms with E-state index in [1.165, 1.54) is 91.2 Å². The molecule has 6 amide bonds. The molecule has 0 aliphatic carbocycles. The van der Waals surface area contributed by atoms with Crippen molar-refractivity contribution in [2.75, 3.05) is 139 Å². The summed E-state index contributed by atoms with van der Waals surface area (Å²) in [6.07, 6.45) is 0. The summed E-state index contributed by atoms with van der Waals surface area (Å²) < 4.78 is 18.5. The third-order valence-corrected chi connectivity index (χ3v) is 18.6. The van der Waals surface area contributed by atoms with Gasteiger partial charge in [0, 0.05) is 123 Å². The first-order chi connectivity index (χ1) is 44.9. The molecule has 6 aromatic rings. The lowest BCUT2D eigenvalue weighted by Crippen LogP contribution is -2.35. The van der Waals surface area contributed by atoms with Crippen LogP contribution in [0.4, 0.5) is 45.5 Å². The third-order valence-electron chi connectivity index (χ3n) is 13.9. The third kappa shape index (κ3) is 21.4. The summed E-state index contributed by atoms with van der Waals surface area (Å²) in [5.41, 5.74) is 52.3. The molecule has 0 saturated carbocycles. The van der Waals surface area contributed by atoms with E-state index in [0.717, 1.165) is 5.56 Å². The minimum atomic E-state index is -0.719. The van der Waals surface area contributed by atoms with Gasteiger partial charge in [-0.2, -0.15) is 0 Å². The summed E-state index contributed by atoms with van der Waals surface area (Å²) in [7, 11) is 0. The lowest BCUT2D eigenvalue weighted by atomic mass is 9.84. The molecule has 28 heteroatoms. The fraction of sp³-hybridized carbons (Fsp3) is 0.364. The maximum Gasteiger partial charge on any atom is 0.259 e. The molecule has 0 fully saturated rings. The lowest BCUT2D eigenvalue weighted by Gasteiger charge is -2.28. The Morgan fingerprint density at radius 3 is 1.23 bits per heavy atom. The number of amides is 6. The summed E-state index contributed by atoms with van der Waals surface area (Å²) in [4.78, 5) is 86.2. The lowest BCUT2D eigenvalue weighted by molar-refractivity contribution is -0.115. The van der Waals surface area contributed by atoms with Crippen molar-refractivity contribution in [2.24, 2.45) is 34.4 Å². The van der Waals surface area contributed by atoms with Gasteiger partial charge < -0.3 is 97.3 Å². The van der Waals surface area contributed by atoms with Crippen LogP contribution in [0.5, 0.6) is 17.2 Å². The molecule has 6 aromatic carbocycles. The fourth-order valence-electron chi connectivity index (χ4n) is 9.37. The average molecular weight is 1360 g/mol. The molecule has 0 aliphatic heterocycles. The molecule has 24 nitrogen and oxygen atoms in total. The van der Waals surface area contributed by atoms with E-state index in [4.69, 9.17) is 60.1 Å². The Bertz CT molecular complexity index is 3660. The first-order valence-corrected chi connectivity index (χ1v) is 34.4. The van der Waals surface area contributed by atoms with Crippen molar-refractivity contribution >= 4 is 128 Å². The minimum Gasteiger partial charge on any atom is -0.492 e. The van der Waals surface area contributed by atoms with Crippen LogP contribution in [0, 0.1) is 0 Å². The predicted octanol–water partition coefficient (Wildman–Crippen LogP) is 7.90. The van der Waals surface area contributed by atoms with E-state index in [2.05, 4.69) is 37.2 Å². The highest BCUT2D eigenvalue weighted by atomic mass is 32.2. The predicted molar refractivity (Wildman–Crippen MR) is 386 cm³/mol. The molecule has 506 valence electrons. The van der Waals surface area contributed by atoms with Crippen molar-refractivity contribution in [1.29, 1.82) is 0 Å². The van der Waals surface area contributed by atoms with Crippen LogP contribution < -0.4 is 97.3 Å². The number of hydrogen-bond acceptors (Lipinski definition) is 22. The maximum absolute atomic E-state index is 14.8. The molecule has 0 unspecified atom stereocenters. The van der Waals surface area contributed by atoms with Gasteiger partial charge in [-0.05, 0) is 89.3 Å². The van der Waals surface area contributed by atoms with Gasteiger partial charge in [-0.1, -0.05) is 46.8 Å². The number of nitrogens with two attached hydrogens (primary N) is 8. The Balaban J connectivity index is 1.32. The molecule has 0 saturated heterocycles. The summed E-state index contributed by atoms with van der Waals surface area (Å²) in [5.74, 6) is -0.654. The van der Waals surface area contributed by atoms with E-state index < -0.39 is 29.0 Å². The molecule has 0 spiro atoms. The van der Waals surface area contributed by atoms with Gasteiger partial charge in [-0.15, -0.1) is 47.0 Å². The molecule has 23 N–H and O–H groups in total. The van der Waals surface area contributed by atoms with Crippen LogP contribution in [-0.4, -0.2) is 131 Å². The van der Waals surface area contributed by atoms with Crippen molar-refractivity contribution in [3.63, 3.8) is 0 Å². The van der Waals surface area contributed by atoms with E-state index in [1.807, 2.05) is 58.9 Å². The van der Waals surface area contributed by atoms with Crippen molar-refractivity contribution < 1.29 is 43.0 Å². The maximum atomic E-state index is 14.8. The van der Waals surface area contributed by atoms with E-state index in [1.54, 1.807) is 36.4 Å². The van der Waals surface area contributed by atoms with E-state index in [-0.39, 0.29) is 103 Å². The second-order valence-electron chi connectivity index (χ2n) is 23.0. The first-order valence-electron chi connectivity index (χ1n) is 30.4. The number of anilines is 8. The Kier molecular flexibility index (Phi) is 29.0. The van der Waals surface area contributed by atoms with Gasteiger partial charge in [0.15, 0.2) is 0 Å². The van der Waals surface area contributed by atoms with Crippen LogP contribution in [0.25, 0.3) is 0 Å². The second kappa shape index (κ2) is 36.2. The number of nitrogen functional groups attached to an aromatic ring is 2. The minimum absolute atomic E-state index is 0.00195. The topological polar surface area (TPSA) is 422 Å². The largest absolute Gasteiger partial charge is 0.492 e. The molecular formula is C66H89N15O9S4. The number of ether oxygens (including phenoxy) is 3. The zero-order chi connectivity index (χ0) is 68.7. The second-order valence-corrected chi connectivity index (χ2v) is 27.4. The van der Waals surface area contributed by atoms with Gasteiger partial charge in [0.25, 0.3) is 23.6 Å². The fourth-order valence-corrected chi connectivity index (χ4v) is 12.7.